The van der Waals surface area contributed by atoms with Gasteiger partial charge in [0.05, 0.1) is 5.56 Å². The van der Waals surface area contributed by atoms with Gasteiger partial charge in [0.2, 0.25) is 0 Å². The van der Waals surface area contributed by atoms with Crippen molar-refractivity contribution in [1.82, 2.24) is 5.32 Å². The maximum absolute atomic E-state index is 13.6. The van der Waals surface area contributed by atoms with Crippen molar-refractivity contribution in [3.05, 3.63) is 35.1 Å². The molecular weight excluding hydrogens is 246 g/mol. The molecule has 98 valence electrons. The second-order valence-corrected chi connectivity index (χ2v) is 3.71. The van der Waals surface area contributed by atoms with Gasteiger partial charge in [-0.05, 0) is 32.2 Å². The Kier molecular flexibility index (Phi) is 4.74. The Morgan fingerprint density at radius 3 is 2.50 bits per heavy atom. The molecule has 0 aliphatic carbocycles. The van der Waals surface area contributed by atoms with Gasteiger partial charge in [-0.2, -0.15) is 13.2 Å². The molecule has 0 aliphatic rings. The predicted molar refractivity (Wildman–Crippen MR) is 61.3 cm³/mol. The van der Waals surface area contributed by atoms with E-state index in [2.05, 4.69) is 17.2 Å². The van der Waals surface area contributed by atoms with Crippen molar-refractivity contribution in [3.8, 4) is 11.8 Å². The lowest BCUT2D eigenvalue weighted by atomic mass is 10.0. The molecule has 5 heteroatoms. The van der Waals surface area contributed by atoms with Gasteiger partial charge in [0.15, 0.2) is 0 Å². The summed E-state index contributed by atoms with van der Waals surface area (Å²) >= 11 is 0. The van der Waals surface area contributed by atoms with Crippen molar-refractivity contribution in [1.29, 1.82) is 0 Å². The van der Waals surface area contributed by atoms with E-state index < -0.39 is 23.6 Å². The smallest absolute Gasteiger partial charge is 0.312 e. The Hall–Kier alpha value is -1.54. The van der Waals surface area contributed by atoms with E-state index in [-0.39, 0.29) is 12.0 Å². The van der Waals surface area contributed by atoms with Crippen LogP contribution < -0.4 is 5.32 Å². The highest BCUT2D eigenvalue weighted by molar-refractivity contribution is 5.30. The molecule has 0 bridgehead atoms. The summed E-state index contributed by atoms with van der Waals surface area (Å²) in [6.45, 7) is 1.62. The highest BCUT2D eigenvalue weighted by Crippen LogP contribution is 2.32. The second kappa shape index (κ2) is 5.87. The van der Waals surface area contributed by atoms with Crippen molar-refractivity contribution in [2.45, 2.75) is 25.6 Å². The number of alkyl halides is 3. The van der Waals surface area contributed by atoms with Crippen molar-refractivity contribution in [2.75, 3.05) is 7.05 Å². The molecule has 0 radical (unpaired) electrons. The SMILES string of the molecule is CC#CCC(NC)c1cc(C(F)(F)F)ccc1F. The van der Waals surface area contributed by atoms with E-state index in [1.54, 1.807) is 14.0 Å². The molecule has 1 aromatic rings. The third-order valence-corrected chi connectivity index (χ3v) is 2.53. The van der Waals surface area contributed by atoms with Crippen molar-refractivity contribution >= 4 is 0 Å². The fourth-order valence-corrected chi connectivity index (χ4v) is 1.56. The molecule has 0 saturated carbocycles. The van der Waals surface area contributed by atoms with Gasteiger partial charge < -0.3 is 5.32 Å². The minimum Gasteiger partial charge on any atom is -0.312 e. The number of halogens is 4. The summed E-state index contributed by atoms with van der Waals surface area (Å²) in [5, 5.41) is 2.76. The third kappa shape index (κ3) is 3.47. The number of benzene rings is 1. The van der Waals surface area contributed by atoms with Crippen LogP contribution >= 0.6 is 0 Å². The molecule has 0 spiro atoms. The van der Waals surface area contributed by atoms with Gasteiger partial charge in [-0.25, -0.2) is 4.39 Å². The summed E-state index contributed by atoms with van der Waals surface area (Å²) in [6.07, 6.45) is -4.22. The summed E-state index contributed by atoms with van der Waals surface area (Å²) in [7, 11) is 1.56. The molecule has 1 aromatic carbocycles. The van der Waals surface area contributed by atoms with Crippen molar-refractivity contribution in [3.63, 3.8) is 0 Å². The van der Waals surface area contributed by atoms with Crippen LogP contribution in [0, 0.1) is 17.7 Å². The zero-order chi connectivity index (χ0) is 13.8. The molecule has 1 unspecified atom stereocenters. The maximum atomic E-state index is 13.6. The Labute approximate surface area is 103 Å². The Morgan fingerprint density at radius 2 is 2.00 bits per heavy atom. The van der Waals surface area contributed by atoms with Crippen LogP contribution in [-0.2, 0) is 6.18 Å². The average Bonchev–Trinajstić information content (AvgIpc) is 2.30. The van der Waals surface area contributed by atoms with E-state index in [1.165, 1.54) is 0 Å². The fourth-order valence-electron chi connectivity index (χ4n) is 1.56. The van der Waals surface area contributed by atoms with E-state index in [1.807, 2.05) is 0 Å². The zero-order valence-corrected chi connectivity index (χ0v) is 10.0. The number of hydrogen-bond acceptors (Lipinski definition) is 1. The van der Waals surface area contributed by atoms with Crippen LogP contribution in [-0.4, -0.2) is 7.05 Å². The molecule has 0 heterocycles. The lowest BCUT2D eigenvalue weighted by Gasteiger charge is -2.16. The van der Waals surface area contributed by atoms with Gasteiger partial charge in [0.25, 0.3) is 0 Å². The van der Waals surface area contributed by atoms with Crippen LogP contribution in [0.4, 0.5) is 17.6 Å². The summed E-state index contributed by atoms with van der Waals surface area (Å²) in [4.78, 5) is 0. The largest absolute Gasteiger partial charge is 0.416 e. The minimum absolute atomic E-state index is 0.0184. The summed E-state index contributed by atoms with van der Waals surface area (Å²) in [5.74, 6) is 4.69. The third-order valence-electron chi connectivity index (χ3n) is 2.53. The van der Waals surface area contributed by atoms with Crippen LogP contribution in [0.2, 0.25) is 0 Å². The zero-order valence-electron chi connectivity index (χ0n) is 10.0. The summed E-state index contributed by atoms with van der Waals surface area (Å²) in [6, 6.07) is 1.84. The maximum Gasteiger partial charge on any atom is 0.416 e. The van der Waals surface area contributed by atoms with Gasteiger partial charge in [-0.3, -0.25) is 0 Å². The first kappa shape index (κ1) is 14.5. The number of rotatable bonds is 3. The first-order chi connectivity index (χ1) is 8.40. The Balaban J connectivity index is 3.15. The van der Waals surface area contributed by atoms with Crippen molar-refractivity contribution in [2.24, 2.45) is 0 Å². The normalized spacial score (nSPS) is 12.8. The predicted octanol–water partition coefficient (Wildman–Crippen LogP) is 3.52. The topological polar surface area (TPSA) is 12.0 Å². The van der Waals surface area contributed by atoms with Crippen LogP contribution in [0.15, 0.2) is 18.2 Å². The van der Waals surface area contributed by atoms with Gasteiger partial charge >= 0.3 is 6.18 Å². The Bertz CT molecular complexity index is 468. The van der Waals surface area contributed by atoms with Crippen molar-refractivity contribution < 1.29 is 17.6 Å². The second-order valence-electron chi connectivity index (χ2n) is 3.71. The average molecular weight is 259 g/mol. The number of hydrogen-bond donors (Lipinski definition) is 1. The molecule has 1 rings (SSSR count). The Morgan fingerprint density at radius 1 is 1.33 bits per heavy atom. The fraction of sp³-hybridized carbons (Fsp3) is 0.385. The molecule has 0 aromatic heterocycles. The monoisotopic (exact) mass is 259 g/mol. The molecule has 0 amide bonds. The molecule has 0 aliphatic heterocycles. The van der Waals surface area contributed by atoms with E-state index in [0.29, 0.717) is 0 Å². The molecule has 18 heavy (non-hydrogen) atoms. The van der Waals surface area contributed by atoms with E-state index >= 15 is 0 Å². The molecule has 1 atom stereocenters. The molecule has 1 N–H and O–H groups in total. The quantitative estimate of drug-likeness (QED) is 0.647. The molecule has 1 nitrogen and oxygen atoms in total. The van der Waals surface area contributed by atoms with Crippen LogP contribution in [0.1, 0.15) is 30.5 Å². The molecule has 0 fully saturated rings. The summed E-state index contributed by atoms with van der Waals surface area (Å²) in [5.41, 5.74) is -0.876. The van der Waals surface area contributed by atoms with E-state index in [4.69, 9.17) is 0 Å². The molecular formula is C13H13F4N. The summed E-state index contributed by atoms with van der Waals surface area (Å²) < 4.78 is 51.2. The van der Waals surface area contributed by atoms with E-state index in [9.17, 15) is 17.6 Å². The van der Waals surface area contributed by atoms with E-state index in [0.717, 1.165) is 18.2 Å². The highest BCUT2D eigenvalue weighted by Gasteiger charge is 2.31. The first-order valence-electron chi connectivity index (χ1n) is 5.33. The first-order valence-corrected chi connectivity index (χ1v) is 5.33. The standard InChI is InChI=1S/C13H13F4N/c1-3-4-5-12(18-2)10-8-9(13(15,16)17)6-7-11(10)14/h6-8,12,18H,5H2,1-2H3. The van der Waals surface area contributed by atoms with Gasteiger partial charge in [0, 0.05) is 18.0 Å². The van der Waals surface area contributed by atoms with Crippen LogP contribution in [0.5, 0.6) is 0 Å². The highest BCUT2D eigenvalue weighted by atomic mass is 19.4. The molecule has 0 saturated heterocycles. The number of nitrogens with one attached hydrogen (secondary N) is 1. The lowest BCUT2D eigenvalue weighted by Crippen LogP contribution is -2.18. The lowest BCUT2D eigenvalue weighted by molar-refractivity contribution is -0.137. The van der Waals surface area contributed by atoms with Crippen LogP contribution in [0.25, 0.3) is 0 Å². The van der Waals surface area contributed by atoms with Crippen LogP contribution in [0.3, 0.4) is 0 Å². The van der Waals surface area contributed by atoms with Gasteiger partial charge in [-0.15, -0.1) is 11.8 Å². The van der Waals surface area contributed by atoms with Gasteiger partial charge in [-0.1, -0.05) is 0 Å². The minimum atomic E-state index is -4.48. The van der Waals surface area contributed by atoms with Gasteiger partial charge in [0.1, 0.15) is 5.82 Å².